The number of hydrogen-bond donors (Lipinski definition) is 4. The fourth-order valence-electron chi connectivity index (χ4n) is 7.93. The lowest BCUT2D eigenvalue weighted by atomic mass is 9.53. The molecule has 41 heavy (non-hydrogen) atoms. The van der Waals surface area contributed by atoms with Gasteiger partial charge in [0.1, 0.15) is 5.41 Å². The SMILES string of the molecule is CC1(C)CCC2(CC1)N[C@@H](C(=O)NC1CC(C(C)(C)O)C1)[C@H](c1ccnc(Cl)c1F)[C@]21C(=O)Nc2cc(Cl)ccc21. The van der Waals surface area contributed by atoms with Crippen LogP contribution in [0.25, 0.3) is 0 Å². The second-order valence-corrected chi connectivity index (χ2v) is 14.6. The largest absolute Gasteiger partial charge is 0.390 e. The molecule has 2 spiro atoms. The third kappa shape index (κ3) is 4.39. The lowest BCUT2D eigenvalue weighted by molar-refractivity contribution is -0.126. The Morgan fingerprint density at radius 3 is 2.49 bits per heavy atom. The number of carbonyl (C=O) groups excluding carboxylic acids is 2. The smallest absolute Gasteiger partial charge is 0.238 e. The van der Waals surface area contributed by atoms with Crippen LogP contribution in [0.5, 0.6) is 0 Å². The summed E-state index contributed by atoms with van der Waals surface area (Å²) in [5, 5.41) is 20.4. The molecule has 4 N–H and O–H groups in total. The Balaban J connectivity index is 1.50. The molecule has 6 rings (SSSR count). The van der Waals surface area contributed by atoms with Crippen molar-refractivity contribution in [1.82, 2.24) is 15.6 Å². The Morgan fingerprint density at radius 1 is 1.15 bits per heavy atom. The van der Waals surface area contributed by atoms with Crippen molar-refractivity contribution in [1.29, 1.82) is 0 Å². The molecule has 3 atom stereocenters. The molecule has 2 aliphatic carbocycles. The van der Waals surface area contributed by atoms with Crippen LogP contribution in [0.1, 0.15) is 83.3 Å². The van der Waals surface area contributed by atoms with E-state index in [1.54, 1.807) is 26.0 Å². The van der Waals surface area contributed by atoms with Gasteiger partial charge in [-0.25, -0.2) is 9.37 Å². The first-order chi connectivity index (χ1) is 19.2. The van der Waals surface area contributed by atoms with Crippen LogP contribution in [0.4, 0.5) is 10.1 Å². The zero-order chi connectivity index (χ0) is 29.5. The number of hydrogen-bond acceptors (Lipinski definition) is 5. The fourth-order valence-corrected chi connectivity index (χ4v) is 8.27. The summed E-state index contributed by atoms with van der Waals surface area (Å²) in [6.07, 6.45) is 5.63. The summed E-state index contributed by atoms with van der Waals surface area (Å²) >= 11 is 12.6. The van der Waals surface area contributed by atoms with Gasteiger partial charge in [-0.1, -0.05) is 43.1 Å². The van der Waals surface area contributed by atoms with E-state index in [0.29, 0.717) is 42.0 Å². The van der Waals surface area contributed by atoms with Gasteiger partial charge in [0, 0.05) is 34.4 Å². The van der Waals surface area contributed by atoms with Crippen LogP contribution in [0.15, 0.2) is 30.5 Å². The predicted octanol–water partition coefficient (Wildman–Crippen LogP) is 5.48. The van der Waals surface area contributed by atoms with E-state index in [1.807, 2.05) is 6.07 Å². The third-order valence-electron chi connectivity index (χ3n) is 10.4. The van der Waals surface area contributed by atoms with E-state index in [4.69, 9.17) is 23.2 Å². The summed E-state index contributed by atoms with van der Waals surface area (Å²) in [5.74, 6) is -2.13. The zero-order valence-electron chi connectivity index (χ0n) is 23.8. The van der Waals surface area contributed by atoms with Gasteiger partial charge in [-0.3, -0.25) is 14.9 Å². The first-order valence-electron chi connectivity index (χ1n) is 14.4. The number of halogens is 3. The molecule has 2 aromatic rings. The summed E-state index contributed by atoms with van der Waals surface area (Å²) in [6, 6.07) is 5.80. The Labute approximate surface area is 250 Å². The quantitative estimate of drug-likeness (QED) is 0.347. The molecule has 1 saturated heterocycles. The van der Waals surface area contributed by atoms with E-state index in [-0.39, 0.29) is 39.9 Å². The average Bonchev–Trinajstić information content (AvgIpc) is 3.32. The van der Waals surface area contributed by atoms with Crippen LogP contribution in [-0.2, 0) is 15.0 Å². The molecule has 10 heteroatoms. The van der Waals surface area contributed by atoms with E-state index in [1.165, 1.54) is 12.3 Å². The lowest BCUT2D eigenvalue weighted by Gasteiger charge is -2.50. The predicted molar refractivity (Wildman–Crippen MR) is 157 cm³/mol. The first kappa shape index (κ1) is 28.8. The van der Waals surface area contributed by atoms with E-state index >= 15 is 4.39 Å². The number of carbonyl (C=O) groups is 2. The minimum atomic E-state index is -1.30. The molecule has 0 bridgehead atoms. The van der Waals surface area contributed by atoms with Crippen molar-refractivity contribution in [3.05, 3.63) is 57.6 Å². The second-order valence-electron chi connectivity index (χ2n) is 13.8. The molecule has 220 valence electrons. The Hall–Kier alpha value is -2.26. The Morgan fingerprint density at radius 2 is 1.83 bits per heavy atom. The summed E-state index contributed by atoms with van der Waals surface area (Å²) in [6.45, 7) is 7.98. The van der Waals surface area contributed by atoms with E-state index in [0.717, 1.165) is 12.8 Å². The minimum absolute atomic E-state index is 0.0606. The lowest BCUT2D eigenvalue weighted by Crippen LogP contribution is -2.61. The number of aromatic nitrogens is 1. The van der Waals surface area contributed by atoms with Crippen molar-refractivity contribution < 1.29 is 19.1 Å². The van der Waals surface area contributed by atoms with Crippen LogP contribution in [0, 0.1) is 17.2 Å². The highest BCUT2D eigenvalue weighted by molar-refractivity contribution is 6.31. The summed E-state index contributed by atoms with van der Waals surface area (Å²) < 4.78 is 16.0. The third-order valence-corrected chi connectivity index (χ3v) is 10.9. The van der Waals surface area contributed by atoms with Gasteiger partial charge in [0.2, 0.25) is 11.8 Å². The van der Waals surface area contributed by atoms with Gasteiger partial charge in [-0.2, -0.15) is 0 Å². The standard InChI is InChI=1S/C31H37Cl2FN4O3/c1-28(2)8-10-30(11-9-28)31(20-6-5-17(32)15-21(20)37-27(31)40)22(19-7-12-35-25(33)23(19)34)24(38-30)26(39)36-18-13-16(14-18)29(3,4)41/h5-7,12,15-16,18,22,24,38,41H,8-11,13-14H2,1-4H3,(H,36,39)(H,37,40)/t16?,18?,22-,24+,31+/m0/s1. The fraction of sp³-hybridized carbons (Fsp3) is 0.581. The van der Waals surface area contributed by atoms with Crippen molar-refractivity contribution in [3.63, 3.8) is 0 Å². The molecular weight excluding hydrogens is 566 g/mol. The molecule has 2 saturated carbocycles. The second kappa shape index (κ2) is 9.63. The van der Waals surface area contributed by atoms with Gasteiger partial charge >= 0.3 is 0 Å². The minimum Gasteiger partial charge on any atom is -0.390 e. The maximum atomic E-state index is 16.0. The Bertz CT molecular complexity index is 1410. The monoisotopic (exact) mass is 602 g/mol. The maximum Gasteiger partial charge on any atom is 0.238 e. The average molecular weight is 604 g/mol. The number of rotatable bonds is 4. The number of pyridine rings is 1. The highest BCUT2D eigenvalue weighted by Crippen LogP contribution is 2.64. The molecule has 4 aliphatic rings. The molecule has 0 radical (unpaired) electrons. The van der Waals surface area contributed by atoms with E-state index in [2.05, 4.69) is 34.8 Å². The summed E-state index contributed by atoms with van der Waals surface area (Å²) in [4.78, 5) is 32.6. The van der Waals surface area contributed by atoms with Crippen LogP contribution < -0.4 is 16.0 Å². The van der Waals surface area contributed by atoms with E-state index in [9.17, 15) is 14.7 Å². The normalized spacial score (nSPS) is 31.6. The van der Waals surface area contributed by atoms with Gasteiger partial charge in [0.25, 0.3) is 0 Å². The molecular formula is C31H37Cl2FN4O3. The summed E-state index contributed by atoms with van der Waals surface area (Å²) in [5.41, 5.74) is -1.43. The maximum absolute atomic E-state index is 16.0. The van der Waals surface area contributed by atoms with Crippen LogP contribution in [0.2, 0.25) is 10.2 Å². The number of anilines is 1. The van der Waals surface area contributed by atoms with Crippen molar-refractivity contribution in [2.24, 2.45) is 11.3 Å². The molecule has 1 aromatic carbocycles. The number of benzene rings is 1. The summed E-state index contributed by atoms with van der Waals surface area (Å²) in [7, 11) is 0. The van der Waals surface area contributed by atoms with Crippen molar-refractivity contribution >= 4 is 40.7 Å². The molecule has 3 fully saturated rings. The number of fused-ring (bicyclic) bond motifs is 3. The number of nitrogens with one attached hydrogen (secondary N) is 3. The molecule has 7 nitrogen and oxygen atoms in total. The highest BCUT2D eigenvalue weighted by atomic mass is 35.5. The first-order valence-corrected chi connectivity index (χ1v) is 15.2. The number of nitrogens with zero attached hydrogens (tertiary/aromatic N) is 1. The van der Waals surface area contributed by atoms with Gasteiger partial charge in [-0.05, 0) is 93.0 Å². The van der Waals surface area contributed by atoms with Gasteiger partial charge in [0.15, 0.2) is 11.0 Å². The zero-order valence-corrected chi connectivity index (χ0v) is 25.3. The molecule has 2 aliphatic heterocycles. The van der Waals surface area contributed by atoms with Crippen molar-refractivity contribution in [2.45, 2.75) is 101 Å². The van der Waals surface area contributed by atoms with Crippen LogP contribution in [-0.4, -0.2) is 45.1 Å². The molecule has 3 heterocycles. The molecule has 1 aromatic heterocycles. The number of aliphatic hydroxyl groups is 1. The van der Waals surface area contributed by atoms with Gasteiger partial charge in [0.05, 0.1) is 11.6 Å². The van der Waals surface area contributed by atoms with Crippen molar-refractivity contribution in [3.8, 4) is 0 Å². The van der Waals surface area contributed by atoms with Crippen molar-refractivity contribution in [2.75, 3.05) is 5.32 Å². The van der Waals surface area contributed by atoms with Crippen LogP contribution >= 0.6 is 23.2 Å². The molecule has 2 amide bonds. The van der Waals surface area contributed by atoms with E-state index < -0.39 is 34.3 Å². The molecule has 0 unspecified atom stereocenters. The van der Waals surface area contributed by atoms with Crippen LogP contribution in [0.3, 0.4) is 0 Å². The highest BCUT2D eigenvalue weighted by Gasteiger charge is 2.73. The number of amides is 2. The van der Waals surface area contributed by atoms with Gasteiger partial charge < -0.3 is 15.7 Å². The van der Waals surface area contributed by atoms with Gasteiger partial charge in [-0.15, -0.1) is 0 Å². The Kier molecular flexibility index (Phi) is 6.77. The topological polar surface area (TPSA) is 103 Å².